The molecule has 7 nitrogen and oxygen atoms in total. The molecule has 0 fully saturated rings. The average molecular weight is 251 g/mol. The number of rotatable bonds is 6. The molecule has 0 aliphatic carbocycles. The molecule has 7 heteroatoms. The smallest absolute Gasteiger partial charge is 0.163 e. The molecule has 0 amide bonds. The summed E-state index contributed by atoms with van der Waals surface area (Å²) in [6.07, 6.45) is 1.66. The van der Waals surface area contributed by atoms with Gasteiger partial charge in [-0.15, -0.1) is 0 Å². The highest BCUT2D eigenvalue weighted by molar-refractivity contribution is 5.84. The molecular weight excluding hydrogens is 234 g/mol. The lowest BCUT2D eigenvalue weighted by Gasteiger charge is -2.05. The standard InChI is InChI=1S/C11H17N5O2/c1-3-17-4-5-18-7-9-14-10(12)8-6-13-16(2)11(8)15-9/h6H,3-5,7H2,1-2H3,(H2,12,14,15). The third-order valence-corrected chi connectivity index (χ3v) is 2.48. The minimum Gasteiger partial charge on any atom is -0.383 e. The van der Waals surface area contributed by atoms with E-state index in [4.69, 9.17) is 15.2 Å². The molecule has 2 rings (SSSR count). The van der Waals surface area contributed by atoms with E-state index in [1.807, 2.05) is 14.0 Å². The van der Waals surface area contributed by atoms with Gasteiger partial charge in [0.1, 0.15) is 12.4 Å². The molecule has 98 valence electrons. The third kappa shape index (κ3) is 2.74. The molecule has 0 aromatic carbocycles. The quantitative estimate of drug-likeness (QED) is 0.752. The second-order valence-electron chi connectivity index (χ2n) is 3.78. The molecule has 0 bridgehead atoms. The highest BCUT2D eigenvalue weighted by Gasteiger charge is 2.08. The fourth-order valence-corrected chi connectivity index (χ4v) is 1.58. The Morgan fingerprint density at radius 3 is 2.83 bits per heavy atom. The van der Waals surface area contributed by atoms with Crippen molar-refractivity contribution in [3.8, 4) is 0 Å². The second kappa shape index (κ2) is 5.74. The molecule has 2 heterocycles. The molecule has 0 atom stereocenters. The van der Waals surface area contributed by atoms with Gasteiger partial charge in [-0.3, -0.25) is 4.68 Å². The summed E-state index contributed by atoms with van der Waals surface area (Å²) in [4.78, 5) is 8.54. The average Bonchev–Trinajstić information content (AvgIpc) is 2.72. The van der Waals surface area contributed by atoms with Crippen LogP contribution in [0.1, 0.15) is 12.7 Å². The molecule has 18 heavy (non-hydrogen) atoms. The van der Waals surface area contributed by atoms with E-state index in [9.17, 15) is 0 Å². The van der Waals surface area contributed by atoms with Crippen molar-refractivity contribution in [3.05, 3.63) is 12.0 Å². The maximum absolute atomic E-state index is 5.84. The number of nitrogen functional groups attached to an aromatic ring is 1. The Hall–Kier alpha value is -1.73. The number of hydrogen-bond donors (Lipinski definition) is 1. The van der Waals surface area contributed by atoms with Crippen LogP contribution in [0.3, 0.4) is 0 Å². The van der Waals surface area contributed by atoms with Crippen LogP contribution in [-0.4, -0.2) is 39.6 Å². The monoisotopic (exact) mass is 251 g/mol. The first-order chi connectivity index (χ1) is 8.72. The lowest BCUT2D eigenvalue weighted by atomic mass is 10.4. The van der Waals surface area contributed by atoms with E-state index in [-0.39, 0.29) is 0 Å². The van der Waals surface area contributed by atoms with Gasteiger partial charge in [0, 0.05) is 13.7 Å². The first kappa shape index (κ1) is 12.7. The van der Waals surface area contributed by atoms with Gasteiger partial charge in [0.2, 0.25) is 0 Å². The van der Waals surface area contributed by atoms with E-state index in [0.29, 0.717) is 43.7 Å². The minimum atomic E-state index is 0.318. The van der Waals surface area contributed by atoms with Crippen molar-refractivity contribution in [3.63, 3.8) is 0 Å². The van der Waals surface area contributed by atoms with Crippen LogP contribution >= 0.6 is 0 Å². The van der Waals surface area contributed by atoms with Crippen LogP contribution in [0.2, 0.25) is 0 Å². The van der Waals surface area contributed by atoms with Crippen molar-refractivity contribution in [1.29, 1.82) is 0 Å². The lowest BCUT2D eigenvalue weighted by molar-refractivity contribution is 0.0429. The van der Waals surface area contributed by atoms with E-state index in [1.54, 1.807) is 10.9 Å². The predicted molar refractivity (Wildman–Crippen MR) is 66.9 cm³/mol. The van der Waals surface area contributed by atoms with Crippen LogP contribution in [0.15, 0.2) is 6.20 Å². The Morgan fingerprint density at radius 2 is 2.06 bits per heavy atom. The van der Waals surface area contributed by atoms with E-state index >= 15 is 0 Å². The molecule has 2 aromatic heterocycles. The summed E-state index contributed by atoms with van der Waals surface area (Å²) >= 11 is 0. The molecule has 0 unspecified atom stereocenters. The molecule has 0 radical (unpaired) electrons. The third-order valence-electron chi connectivity index (χ3n) is 2.48. The number of nitrogens with two attached hydrogens (primary N) is 1. The van der Waals surface area contributed by atoms with Crippen LogP contribution in [0.5, 0.6) is 0 Å². The summed E-state index contributed by atoms with van der Waals surface area (Å²) in [7, 11) is 1.81. The van der Waals surface area contributed by atoms with Crippen LogP contribution in [-0.2, 0) is 23.1 Å². The van der Waals surface area contributed by atoms with Crippen LogP contribution in [0, 0.1) is 0 Å². The van der Waals surface area contributed by atoms with E-state index < -0.39 is 0 Å². The Bertz CT molecular complexity index is 525. The molecular formula is C11H17N5O2. The maximum atomic E-state index is 5.84. The van der Waals surface area contributed by atoms with Gasteiger partial charge in [-0.05, 0) is 6.92 Å². The molecule has 0 spiro atoms. The van der Waals surface area contributed by atoms with E-state index in [0.717, 1.165) is 5.39 Å². The highest BCUT2D eigenvalue weighted by atomic mass is 16.5. The van der Waals surface area contributed by atoms with E-state index in [2.05, 4.69) is 15.1 Å². The summed E-state index contributed by atoms with van der Waals surface area (Å²) < 4.78 is 12.2. The fourth-order valence-electron chi connectivity index (χ4n) is 1.58. The zero-order valence-corrected chi connectivity index (χ0v) is 10.6. The van der Waals surface area contributed by atoms with Crippen molar-refractivity contribution in [1.82, 2.24) is 19.7 Å². The van der Waals surface area contributed by atoms with Crippen molar-refractivity contribution < 1.29 is 9.47 Å². The summed E-state index contributed by atoms with van der Waals surface area (Å²) in [5, 5.41) is 4.85. The van der Waals surface area contributed by atoms with Gasteiger partial charge in [0.25, 0.3) is 0 Å². The number of hydrogen-bond acceptors (Lipinski definition) is 6. The molecule has 0 aliphatic rings. The van der Waals surface area contributed by atoms with Crippen molar-refractivity contribution in [2.75, 3.05) is 25.6 Å². The zero-order chi connectivity index (χ0) is 13.0. The number of aryl methyl sites for hydroxylation is 1. The van der Waals surface area contributed by atoms with Gasteiger partial charge in [0.05, 0.1) is 24.8 Å². The second-order valence-corrected chi connectivity index (χ2v) is 3.78. The minimum absolute atomic E-state index is 0.318. The number of ether oxygens (including phenoxy) is 2. The van der Waals surface area contributed by atoms with Crippen molar-refractivity contribution in [2.45, 2.75) is 13.5 Å². The Morgan fingerprint density at radius 1 is 1.28 bits per heavy atom. The fraction of sp³-hybridized carbons (Fsp3) is 0.545. The van der Waals surface area contributed by atoms with Gasteiger partial charge < -0.3 is 15.2 Å². The Labute approximate surface area is 105 Å². The van der Waals surface area contributed by atoms with Gasteiger partial charge in [-0.2, -0.15) is 5.10 Å². The summed E-state index contributed by atoms with van der Waals surface area (Å²) in [5.41, 5.74) is 6.55. The first-order valence-corrected chi connectivity index (χ1v) is 5.82. The van der Waals surface area contributed by atoms with Gasteiger partial charge in [-0.25, -0.2) is 9.97 Å². The van der Waals surface area contributed by atoms with Crippen LogP contribution in [0.25, 0.3) is 11.0 Å². The van der Waals surface area contributed by atoms with Crippen LogP contribution < -0.4 is 5.73 Å². The van der Waals surface area contributed by atoms with Gasteiger partial charge in [0.15, 0.2) is 11.5 Å². The number of fused-ring (bicyclic) bond motifs is 1. The normalized spacial score (nSPS) is 11.2. The van der Waals surface area contributed by atoms with Crippen molar-refractivity contribution in [2.24, 2.45) is 7.05 Å². The van der Waals surface area contributed by atoms with Crippen LogP contribution in [0.4, 0.5) is 5.82 Å². The highest BCUT2D eigenvalue weighted by Crippen LogP contribution is 2.16. The van der Waals surface area contributed by atoms with Crippen molar-refractivity contribution >= 4 is 16.9 Å². The molecule has 0 saturated carbocycles. The van der Waals surface area contributed by atoms with Gasteiger partial charge in [-0.1, -0.05) is 0 Å². The molecule has 0 saturated heterocycles. The Kier molecular flexibility index (Phi) is 4.06. The van der Waals surface area contributed by atoms with E-state index in [1.165, 1.54) is 0 Å². The lowest BCUT2D eigenvalue weighted by Crippen LogP contribution is -2.08. The molecule has 2 aromatic rings. The summed E-state index contributed by atoms with van der Waals surface area (Å²) in [5.74, 6) is 0.983. The summed E-state index contributed by atoms with van der Waals surface area (Å²) in [6.45, 7) is 4.03. The molecule has 0 aliphatic heterocycles. The SMILES string of the molecule is CCOCCOCc1nc(N)c2cnn(C)c2n1. The molecule has 2 N–H and O–H groups in total. The summed E-state index contributed by atoms with van der Waals surface area (Å²) in [6, 6.07) is 0. The zero-order valence-electron chi connectivity index (χ0n) is 10.6. The Balaban J connectivity index is 2.02. The number of nitrogens with zero attached hydrogens (tertiary/aromatic N) is 4. The largest absolute Gasteiger partial charge is 0.383 e. The number of aromatic nitrogens is 4. The predicted octanol–water partition coefficient (Wildman–Crippen LogP) is 0.499. The first-order valence-electron chi connectivity index (χ1n) is 5.82. The maximum Gasteiger partial charge on any atom is 0.163 e. The topological polar surface area (TPSA) is 88.1 Å². The van der Waals surface area contributed by atoms with Gasteiger partial charge >= 0.3 is 0 Å². The number of anilines is 1.